The molecule has 1 heterocycles. The molecule has 0 unspecified atom stereocenters. The second-order valence-corrected chi connectivity index (χ2v) is 4.26. The molecule has 0 aliphatic heterocycles. The topological polar surface area (TPSA) is 75.9 Å². The van der Waals surface area contributed by atoms with Crippen molar-refractivity contribution in [2.45, 2.75) is 13.5 Å². The van der Waals surface area contributed by atoms with E-state index in [4.69, 9.17) is 17.4 Å². The highest BCUT2D eigenvalue weighted by Crippen LogP contribution is 2.18. The molecule has 0 saturated heterocycles. The average Bonchev–Trinajstić information content (AvgIpc) is 2.38. The predicted octanol–water partition coefficient (Wildman–Crippen LogP) is 2.34. The van der Waals surface area contributed by atoms with Gasteiger partial charge in [-0.15, -0.1) is 0 Å². The maximum Gasteiger partial charge on any atom is 0.148 e. The molecule has 94 valence electrons. The molecule has 0 radical (unpaired) electrons. The van der Waals surface area contributed by atoms with Crippen LogP contribution in [0, 0.1) is 6.92 Å². The summed E-state index contributed by atoms with van der Waals surface area (Å²) < 4.78 is 0. The predicted molar refractivity (Wildman–Crippen MR) is 73.4 cm³/mol. The Balaban J connectivity index is 2.11. The quantitative estimate of drug-likeness (QED) is 0.583. The number of rotatable bonds is 4. The van der Waals surface area contributed by atoms with Crippen molar-refractivity contribution < 1.29 is 0 Å². The first-order valence-corrected chi connectivity index (χ1v) is 5.85. The molecule has 0 spiro atoms. The first-order valence-electron chi connectivity index (χ1n) is 5.47. The summed E-state index contributed by atoms with van der Waals surface area (Å²) in [5.74, 6) is 6.72. The van der Waals surface area contributed by atoms with Gasteiger partial charge in [0.05, 0.1) is 0 Å². The average molecular weight is 264 g/mol. The highest BCUT2D eigenvalue weighted by molar-refractivity contribution is 6.30. The third-order valence-corrected chi connectivity index (χ3v) is 2.80. The summed E-state index contributed by atoms with van der Waals surface area (Å²) in [6.45, 7) is 2.54. The summed E-state index contributed by atoms with van der Waals surface area (Å²) in [5.41, 5.74) is 4.49. The van der Waals surface area contributed by atoms with Crippen LogP contribution in [-0.4, -0.2) is 9.97 Å². The lowest BCUT2D eigenvalue weighted by atomic mass is 10.2. The lowest BCUT2D eigenvalue weighted by Gasteiger charge is -2.10. The van der Waals surface area contributed by atoms with Crippen molar-refractivity contribution in [1.29, 1.82) is 0 Å². The van der Waals surface area contributed by atoms with Crippen LogP contribution in [0.15, 0.2) is 30.6 Å². The summed E-state index contributed by atoms with van der Waals surface area (Å²) in [6, 6.07) is 7.67. The van der Waals surface area contributed by atoms with E-state index in [9.17, 15) is 0 Å². The van der Waals surface area contributed by atoms with Crippen LogP contribution in [0.2, 0.25) is 5.02 Å². The summed E-state index contributed by atoms with van der Waals surface area (Å²) in [7, 11) is 0. The van der Waals surface area contributed by atoms with E-state index in [1.54, 1.807) is 0 Å². The summed E-state index contributed by atoms with van der Waals surface area (Å²) in [5, 5.41) is 3.95. The summed E-state index contributed by atoms with van der Waals surface area (Å²) in [6.07, 6.45) is 1.46. The van der Waals surface area contributed by atoms with Gasteiger partial charge in [-0.2, -0.15) is 0 Å². The Hall–Kier alpha value is -1.85. The van der Waals surface area contributed by atoms with Crippen LogP contribution in [-0.2, 0) is 6.54 Å². The van der Waals surface area contributed by atoms with E-state index in [0.29, 0.717) is 12.4 Å². The Morgan fingerprint density at radius 3 is 2.78 bits per heavy atom. The van der Waals surface area contributed by atoms with Gasteiger partial charge in [-0.05, 0) is 24.6 Å². The van der Waals surface area contributed by atoms with E-state index in [1.165, 1.54) is 6.33 Å². The van der Waals surface area contributed by atoms with Gasteiger partial charge < -0.3 is 10.7 Å². The van der Waals surface area contributed by atoms with Crippen molar-refractivity contribution in [3.8, 4) is 0 Å². The second-order valence-electron chi connectivity index (χ2n) is 3.82. The van der Waals surface area contributed by atoms with Crippen molar-refractivity contribution in [2.24, 2.45) is 5.84 Å². The van der Waals surface area contributed by atoms with Crippen molar-refractivity contribution in [3.05, 3.63) is 46.7 Å². The molecular formula is C12H14ClN5. The fourth-order valence-electron chi connectivity index (χ4n) is 1.61. The van der Waals surface area contributed by atoms with Gasteiger partial charge in [-0.3, -0.25) is 0 Å². The van der Waals surface area contributed by atoms with Gasteiger partial charge >= 0.3 is 0 Å². The van der Waals surface area contributed by atoms with Crippen LogP contribution >= 0.6 is 11.6 Å². The van der Waals surface area contributed by atoms with E-state index >= 15 is 0 Å². The number of aromatic nitrogens is 2. The Labute approximate surface area is 110 Å². The minimum Gasteiger partial charge on any atom is -0.366 e. The molecule has 0 aliphatic carbocycles. The normalized spacial score (nSPS) is 10.2. The van der Waals surface area contributed by atoms with Gasteiger partial charge in [-0.1, -0.05) is 23.7 Å². The maximum atomic E-state index is 5.93. The first-order chi connectivity index (χ1) is 8.70. The fraction of sp³-hybridized carbons (Fsp3) is 0.167. The molecule has 0 saturated carbocycles. The molecule has 0 atom stereocenters. The van der Waals surface area contributed by atoms with Crippen LogP contribution < -0.4 is 16.6 Å². The lowest BCUT2D eigenvalue weighted by molar-refractivity contribution is 1.05. The zero-order valence-electron chi connectivity index (χ0n) is 9.94. The molecule has 4 N–H and O–H groups in total. The molecule has 5 nitrogen and oxygen atoms in total. The van der Waals surface area contributed by atoms with Gasteiger partial charge in [0.15, 0.2) is 0 Å². The number of hydrazine groups is 1. The highest BCUT2D eigenvalue weighted by atomic mass is 35.5. The number of nitrogen functional groups attached to an aromatic ring is 1. The Morgan fingerprint density at radius 1 is 1.28 bits per heavy atom. The van der Waals surface area contributed by atoms with E-state index in [-0.39, 0.29) is 0 Å². The molecule has 0 aliphatic rings. The SMILES string of the molecule is Cc1c(NN)ncnc1NCc1cccc(Cl)c1. The number of halogens is 1. The fourth-order valence-corrected chi connectivity index (χ4v) is 1.82. The van der Waals surface area contributed by atoms with Crippen LogP contribution in [0.1, 0.15) is 11.1 Å². The Kier molecular flexibility index (Phi) is 3.96. The number of hydrogen-bond acceptors (Lipinski definition) is 5. The lowest BCUT2D eigenvalue weighted by Crippen LogP contribution is -2.12. The maximum absolute atomic E-state index is 5.93. The van der Waals surface area contributed by atoms with E-state index < -0.39 is 0 Å². The summed E-state index contributed by atoms with van der Waals surface area (Å²) in [4.78, 5) is 8.19. The molecule has 1 aromatic heterocycles. The second kappa shape index (κ2) is 5.66. The van der Waals surface area contributed by atoms with E-state index in [2.05, 4.69) is 20.7 Å². The molecule has 6 heteroatoms. The van der Waals surface area contributed by atoms with Gasteiger partial charge in [0.1, 0.15) is 18.0 Å². The number of nitrogens with zero attached hydrogens (tertiary/aromatic N) is 2. The Morgan fingerprint density at radius 2 is 2.06 bits per heavy atom. The number of nitrogens with two attached hydrogens (primary N) is 1. The summed E-state index contributed by atoms with van der Waals surface area (Å²) >= 11 is 5.93. The van der Waals surface area contributed by atoms with Crippen LogP contribution in [0.25, 0.3) is 0 Å². The monoisotopic (exact) mass is 263 g/mol. The minimum absolute atomic E-state index is 0.610. The molecule has 2 aromatic rings. The third kappa shape index (κ3) is 2.88. The third-order valence-electron chi connectivity index (χ3n) is 2.57. The largest absolute Gasteiger partial charge is 0.366 e. The smallest absolute Gasteiger partial charge is 0.148 e. The molecular weight excluding hydrogens is 250 g/mol. The van der Waals surface area contributed by atoms with E-state index in [1.807, 2.05) is 31.2 Å². The Bertz CT molecular complexity index is 544. The van der Waals surface area contributed by atoms with Gasteiger partial charge in [0.25, 0.3) is 0 Å². The molecule has 0 bridgehead atoms. The highest BCUT2D eigenvalue weighted by Gasteiger charge is 2.05. The molecule has 2 rings (SSSR count). The number of anilines is 2. The van der Waals surface area contributed by atoms with Gasteiger partial charge in [0, 0.05) is 17.1 Å². The first kappa shape index (κ1) is 12.6. The number of hydrogen-bond donors (Lipinski definition) is 3. The number of nitrogens with one attached hydrogen (secondary N) is 2. The van der Waals surface area contributed by atoms with Crippen LogP contribution in [0.5, 0.6) is 0 Å². The standard InChI is InChI=1S/C12H14ClN5/c1-8-11(16-7-17-12(8)18-14)15-6-9-3-2-4-10(13)5-9/h2-5,7H,6,14H2,1H3,(H2,15,16,17,18). The van der Waals surface area contributed by atoms with E-state index in [0.717, 1.165) is 22.0 Å². The van der Waals surface area contributed by atoms with Crippen molar-refractivity contribution in [1.82, 2.24) is 9.97 Å². The van der Waals surface area contributed by atoms with Crippen LogP contribution in [0.3, 0.4) is 0 Å². The van der Waals surface area contributed by atoms with Gasteiger partial charge in [-0.25, -0.2) is 15.8 Å². The molecule has 0 amide bonds. The van der Waals surface area contributed by atoms with Crippen molar-refractivity contribution in [2.75, 3.05) is 10.7 Å². The zero-order chi connectivity index (χ0) is 13.0. The van der Waals surface area contributed by atoms with Crippen molar-refractivity contribution >= 4 is 23.2 Å². The van der Waals surface area contributed by atoms with Crippen LogP contribution in [0.4, 0.5) is 11.6 Å². The van der Waals surface area contributed by atoms with Crippen molar-refractivity contribution in [3.63, 3.8) is 0 Å². The minimum atomic E-state index is 0.610. The molecule has 1 aromatic carbocycles. The zero-order valence-corrected chi connectivity index (χ0v) is 10.7. The van der Waals surface area contributed by atoms with Gasteiger partial charge in [0.2, 0.25) is 0 Å². The molecule has 18 heavy (non-hydrogen) atoms. The number of benzene rings is 1. The molecule has 0 fully saturated rings.